The lowest BCUT2D eigenvalue weighted by Gasteiger charge is -2.23. The van der Waals surface area contributed by atoms with Crippen molar-refractivity contribution >= 4 is 25.6 Å². The van der Waals surface area contributed by atoms with Crippen molar-refractivity contribution in [3.63, 3.8) is 0 Å². The Labute approximate surface area is 94.5 Å². The molecule has 1 heterocycles. The summed E-state index contributed by atoms with van der Waals surface area (Å²) in [5.74, 6) is -2.12. The predicted octanol–water partition coefficient (Wildman–Crippen LogP) is -0.548. The van der Waals surface area contributed by atoms with Gasteiger partial charge in [-0.3, -0.25) is 4.79 Å². The summed E-state index contributed by atoms with van der Waals surface area (Å²) in [6.07, 6.45) is -0.0125. The van der Waals surface area contributed by atoms with E-state index in [4.69, 9.17) is 5.11 Å². The van der Waals surface area contributed by atoms with Crippen LogP contribution in [0.3, 0.4) is 0 Å². The average molecular weight is 270 g/mol. The van der Waals surface area contributed by atoms with Gasteiger partial charge in [-0.15, -0.1) is 0 Å². The molecule has 1 aliphatic rings. The van der Waals surface area contributed by atoms with Gasteiger partial charge in [0.25, 0.3) is 0 Å². The van der Waals surface area contributed by atoms with Crippen LogP contribution >= 0.6 is 0 Å². The Bertz CT molecular complexity index is 499. The smallest absolute Gasteiger partial charge is 0.324 e. The van der Waals surface area contributed by atoms with Crippen molar-refractivity contribution in [2.24, 2.45) is 0 Å². The molecule has 1 aliphatic heterocycles. The Morgan fingerprint density at radius 2 is 1.88 bits per heavy atom. The number of rotatable bonds is 3. The van der Waals surface area contributed by atoms with Gasteiger partial charge >= 0.3 is 5.97 Å². The lowest BCUT2D eigenvalue weighted by atomic mass is 10.2. The number of sulfone groups is 2. The van der Waals surface area contributed by atoms with Crippen LogP contribution in [0.2, 0.25) is 0 Å². The van der Waals surface area contributed by atoms with Gasteiger partial charge in [0.2, 0.25) is 0 Å². The maximum absolute atomic E-state index is 11.9. The summed E-state index contributed by atoms with van der Waals surface area (Å²) in [7, 11) is -7.32. The van der Waals surface area contributed by atoms with Crippen LogP contribution in [0.4, 0.5) is 0 Å². The molecule has 1 rings (SSSR count). The highest BCUT2D eigenvalue weighted by Crippen LogP contribution is 2.28. The summed E-state index contributed by atoms with van der Waals surface area (Å²) in [6, 6.07) is 0. The molecule has 0 bridgehead atoms. The fourth-order valence-corrected chi connectivity index (χ4v) is 6.08. The Morgan fingerprint density at radius 1 is 1.38 bits per heavy atom. The average Bonchev–Trinajstić information content (AvgIpc) is 2.45. The van der Waals surface area contributed by atoms with Crippen LogP contribution in [0.5, 0.6) is 0 Å². The monoisotopic (exact) mass is 270 g/mol. The number of carboxylic acids is 1. The molecule has 6 nitrogen and oxygen atoms in total. The lowest BCUT2D eigenvalue weighted by molar-refractivity contribution is -0.139. The fraction of sp³-hybridized carbons (Fsp3) is 0.875. The zero-order valence-corrected chi connectivity index (χ0v) is 10.6. The summed E-state index contributed by atoms with van der Waals surface area (Å²) < 4.78 is 44.3. The van der Waals surface area contributed by atoms with Crippen molar-refractivity contribution in [1.29, 1.82) is 0 Å². The maximum Gasteiger partial charge on any atom is 0.324 e. The van der Waals surface area contributed by atoms with Gasteiger partial charge < -0.3 is 5.11 Å². The Morgan fingerprint density at radius 3 is 2.19 bits per heavy atom. The van der Waals surface area contributed by atoms with Crippen molar-refractivity contribution in [3.05, 3.63) is 0 Å². The maximum atomic E-state index is 11.9. The highest BCUT2D eigenvalue weighted by molar-refractivity contribution is 7.97. The van der Waals surface area contributed by atoms with E-state index < -0.39 is 41.4 Å². The van der Waals surface area contributed by atoms with Crippen LogP contribution in [0.1, 0.15) is 20.3 Å². The Kier molecular flexibility index (Phi) is 3.10. The van der Waals surface area contributed by atoms with Gasteiger partial charge in [0.1, 0.15) is 0 Å². The molecule has 0 amide bonds. The number of carboxylic acid groups (broad SMARTS) is 1. The van der Waals surface area contributed by atoms with E-state index in [0.717, 1.165) is 13.8 Å². The van der Waals surface area contributed by atoms with Crippen LogP contribution in [0.25, 0.3) is 0 Å². The van der Waals surface area contributed by atoms with E-state index in [9.17, 15) is 21.6 Å². The summed E-state index contributed by atoms with van der Waals surface area (Å²) in [5.41, 5.74) is 0. The zero-order valence-electron chi connectivity index (χ0n) is 9.00. The second kappa shape index (κ2) is 3.69. The summed E-state index contributed by atoms with van der Waals surface area (Å²) >= 11 is 0. The van der Waals surface area contributed by atoms with Crippen LogP contribution in [-0.4, -0.2) is 49.4 Å². The van der Waals surface area contributed by atoms with E-state index >= 15 is 0 Å². The second-order valence-corrected chi connectivity index (χ2v) is 9.39. The van der Waals surface area contributed by atoms with Crippen molar-refractivity contribution in [3.8, 4) is 0 Å². The first-order valence-corrected chi connectivity index (χ1v) is 8.05. The van der Waals surface area contributed by atoms with Crippen molar-refractivity contribution in [2.45, 2.75) is 30.3 Å². The third kappa shape index (κ3) is 2.08. The predicted molar refractivity (Wildman–Crippen MR) is 57.7 cm³/mol. The first kappa shape index (κ1) is 13.4. The van der Waals surface area contributed by atoms with Gasteiger partial charge in [-0.05, 0) is 20.3 Å². The molecule has 0 saturated carbocycles. The topological polar surface area (TPSA) is 106 Å². The Hall–Kier alpha value is -0.630. The molecule has 1 unspecified atom stereocenters. The van der Waals surface area contributed by atoms with Crippen LogP contribution < -0.4 is 0 Å². The standard InChI is InChI=1S/C8H14O6S2/c1-8(2,7(9)10)16(13,14)6-3-4-15(11,12)5-6/h6H,3-5H2,1-2H3,(H,9,10). The zero-order chi connectivity index (χ0) is 12.8. The number of carbonyl (C=O) groups is 1. The van der Waals surface area contributed by atoms with Gasteiger partial charge in [0.15, 0.2) is 24.4 Å². The van der Waals surface area contributed by atoms with Gasteiger partial charge in [0, 0.05) is 0 Å². The van der Waals surface area contributed by atoms with E-state index in [1.807, 2.05) is 0 Å². The summed E-state index contributed by atoms with van der Waals surface area (Å²) in [5, 5.41) is 7.74. The molecular weight excluding hydrogens is 256 g/mol. The molecule has 8 heteroatoms. The number of aliphatic carboxylic acids is 1. The number of hydrogen-bond acceptors (Lipinski definition) is 5. The normalized spacial score (nSPS) is 25.5. The fourth-order valence-electron chi connectivity index (χ4n) is 1.54. The summed E-state index contributed by atoms with van der Waals surface area (Å²) in [6.45, 7) is 2.16. The molecule has 0 radical (unpaired) electrons. The van der Waals surface area contributed by atoms with E-state index in [2.05, 4.69) is 0 Å². The highest BCUT2D eigenvalue weighted by atomic mass is 32.2. The second-order valence-electron chi connectivity index (χ2n) is 4.39. The van der Waals surface area contributed by atoms with E-state index in [0.29, 0.717) is 0 Å². The van der Waals surface area contributed by atoms with Crippen LogP contribution in [0.15, 0.2) is 0 Å². The SMILES string of the molecule is CC(C)(C(=O)O)S(=O)(=O)C1CCS(=O)(=O)C1. The molecule has 1 saturated heterocycles. The first-order chi connectivity index (χ1) is 7.01. The van der Waals surface area contributed by atoms with Crippen molar-refractivity contribution < 1.29 is 26.7 Å². The number of hydrogen-bond donors (Lipinski definition) is 1. The minimum Gasteiger partial charge on any atom is -0.480 e. The van der Waals surface area contributed by atoms with E-state index in [-0.39, 0.29) is 12.2 Å². The third-order valence-electron chi connectivity index (χ3n) is 2.86. The first-order valence-electron chi connectivity index (χ1n) is 4.68. The minimum absolute atomic E-state index is 0.0125. The van der Waals surface area contributed by atoms with E-state index in [1.165, 1.54) is 0 Å². The summed E-state index contributed by atoms with van der Waals surface area (Å²) in [4.78, 5) is 10.9. The molecule has 0 aliphatic carbocycles. The van der Waals surface area contributed by atoms with Crippen LogP contribution in [0, 0.1) is 0 Å². The molecule has 0 aromatic heterocycles. The van der Waals surface area contributed by atoms with Gasteiger partial charge in [0.05, 0.1) is 16.8 Å². The minimum atomic E-state index is -3.99. The van der Waals surface area contributed by atoms with Crippen molar-refractivity contribution in [1.82, 2.24) is 0 Å². The highest BCUT2D eigenvalue weighted by Gasteiger charge is 2.49. The lowest BCUT2D eigenvalue weighted by Crippen LogP contribution is -2.46. The molecular formula is C8H14O6S2. The molecule has 0 aromatic carbocycles. The van der Waals surface area contributed by atoms with E-state index in [1.54, 1.807) is 0 Å². The van der Waals surface area contributed by atoms with Gasteiger partial charge in [-0.1, -0.05) is 0 Å². The molecule has 1 fully saturated rings. The third-order valence-corrected chi connectivity index (χ3v) is 7.71. The molecule has 1 atom stereocenters. The van der Waals surface area contributed by atoms with Gasteiger partial charge in [-0.25, -0.2) is 16.8 Å². The molecule has 16 heavy (non-hydrogen) atoms. The molecule has 1 N–H and O–H groups in total. The molecule has 0 aromatic rings. The quantitative estimate of drug-likeness (QED) is 0.737. The largest absolute Gasteiger partial charge is 0.480 e. The van der Waals surface area contributed by atoms with Crippen molar-refractivity contribution in [2.75, 3.05) is 11.5 Å². The Balaban J connectivity index is 3.11. The molecule has 0 spiro atoms. The molecule has 94 valence electrons. The van der Waals surface area contributed by atoms with Gasteiger partial charge in [-0.2, -0.15) is 0 Å². The van der Waals surface area contributed by atoms with Crippen LogP contribution in [-0.2, 0) is 24.5 Å².